The van der Waals surface area contributed by atoms with Crippen LogP contribution in [0.3, 0.4) is 0 Å². The van der Waals surface area contributed by atoms with E-state index >= 15 is 0 Å². The number of benzene rings is 3. The lowest BCUT2D eigenvalue weighted by atomic mass is 9.70. The Morgan fingerprint density at radius 2 is 1.50 bits per heavy atom. The fraction of sp³-hybridized carbons (Fsp3) is 0.267. The number of carbonyl (C=O) groups excluding carboxylic acids is 2. The molecular formula is C30H30N4O3S. The molecule has 3 aromatic carbocycles. The second-order valence-electron chi connectivity index (χ2n) is 9.87. The summed E-state index contributed by atoms with van der Waals surface area (Å²) in [5.41, 5.74) is 5.68. The summed E-state index contributed by atoms with van der Waals surface area (Å²) in [6.07, 6.45) is 0. The molecule has 0 aliphatic carbocycles. The molecule has 1 saturated heterocycles. The molecule has 1 fully saturated rings. The third-order valence-corrected chi connectivity index (χ3v) is 7.63. The van der Waals surface area contributed by atoms with Gasteiger partial charge in [0.2, 0.25) is 11.0 Å². The third kappa shape index (κ3) is 5.51. The Bertz CT molecular complexity index is 1370. The second-order valence-corrected chi connectivity index (χ2v) is 10.7. The first kappa shape index (κ1) is 25.8. The molecule has 8 heteroatoms. The zero-order valence-corrected chi connectivity index (χ0v) is 22.3. The average molecular weight is 527 g/mol. The van der Waals surface area contributed by atoms with Gasteiger partial charge in [0.1, 0.15) is 5.51 Å². The molecule has 194 valence electrons. The minimum atomic E-state index is -0.768. The van der Waals surface area contributed by atoms with Crippen LogP contribution in [0.15, 0.2) is 84.4 Å². The lowest BCUT2D eigenvalue weighted by Crippen LogP contribution is -2.40. The number of amides is 2. The van der Waals surface area contributed by atoms with Crippen LogP contribution in [0.4, 0.5) is 5.13 Å². The van der Waals surface area contributed by atoms with E-state index in [1.165, 1.54) is 11.3 Å². The van der Waals surface area contributed by atoms with Crippen molar-refractivity contribution in [1.29, 1.82) is 0 Å². The SMILES string of the molecule is CC(C)(C(=O)Nc1nncs1)C(c1ccccc1)c1ccc(-c2ccc(C(=O)N3CCOCC3)cc2)cc1. The van der Waals surface area contributed by atoms with Gasteiger partial charge in [-0.3, -0.25) is 9.59 Å². The van der Waals surface area contributed by atoms with E-state index in [4.69, 9.17) is 4.74 Å². The van der Waals surface area contributed by atoms with Crippen LogP contribution >= 0.6 is 11.3 Å². The standard InChI is InChI=1S/C30H30N4O3S/c1-30(2,28(36)32-29-33-31-20-38-29)26(23-6-4-3-5-7-23)24-12-8-21(9-13-24)22-10-14-25(15-11-22)27(35)34-16-18-37-19-17-34/h3-15,20,26H,16-19H2,1-2H3,(H,32,33,36). The van der Waals surface area contributed by atoms with Crippen molar-refractivity contribution in [2.24, 2.45) is 5.41 Å². The van der Waals surface area contributed by atoms with Crippen molar-refractivity contribution in [3.63, 3.8) is 0 Å². The minimum Gasteiger partial charge on any atom is -0.378 e. The monoisotopic (exact) mass is 526 g/mol. The van der Waals surface area contributed by atoms with Gasteiger partial charge in [0.15, 0.2) is 0 Å². The zero-order valence-electron chi connectivity index (χ0n) is 21.5. The van der Waals surface area contributed by atoms with E-state index < -0.39 is 5.41 Å². The van der Waals surface area contributed by atoms with Crippen LogP contribution in [-0.2, 0) is 9.53 Å². The molecule has 4 aromatic rings. The molecule has 1 aliphatic rings. The van der Waals surface area contributed by atoms with Gasteiger partial charge in [0, 0.05) is 24.6 Å². The van der Waals surface area contributed by atoms with Crippen LogP contribution in [0.1, 0.15) is 41.3 Å². The fourth-order valence-electron chi connectivity index (χ4n) is 4.91. The summed E-state index contributed by atoms with van der Waals surface area (Å²) in [6, 6.07) is 26.1. The lowest BCUT2D eigenvalue weighted by molar-refractivity contribution is -0.124. The Hall–Kier alpha value is -3.88. The molecule has 1 unspecified atom stereocenters. The van der Waals surface area contributed by atoms with Gasteiger partial charge in [0.25, 0.3) is 5.91 Å². The highest BCUT2D eigenvalue weighted by Gasteiger charge is 2.39. The van der Waals surface area contributed by atoms with Crippen LogP contribution in [0.25, 0.3) is 11.1 Å². The molecule has 0 bridgehead atoms. The van der Waals surface area contributed by atoms with Crippen molar-refractivity contribution >= 4 is 28.3 Å². The molecule has 0 radical (unpaired) electrons. The Morgan fingerprint density at radius 1 is 0.895 bits per heavy atom. The lowest BCUT2D eigenvalue weighted by Gasteiger charge is -2.34. The topological polar surface area (TPSA) is 84.4 Å². The van der Waals surface area contributed by atoms with Gasteiger partial charge in [-0.15, -0.1) is 10.2 Å². The molecule has 1 aromatic heterocycles. The van der Waals surface area contributed by atoms with Crippen LogP contribution in [0, 0.1) is 5.41 Å². The average Bonchev–Trinajstić information content (AvgIpc) is 3.47. The van der Waals surface area contributed by atoms with Crippen molar-refractivity contribution in [1.82, 2.24) is 15.1 Å². The largest absolute Gasteiger partial charge is 0.378 e. The van der Waals surface area contributed by atoms with Crippen molar-refractivity contribution in [3.05, 3.63) is 101 Å². The first-order chi connectivity index (χ1) is 18.4. The maximum Gasteiger partial charge on any atom is 0.254 e. The van der Waals surface area contributed by atoms with Crippen LogP contribution in [0.5, 0.6) is 0 Å². The summed E-state index contributed by atoms with van der Waals surface area (Å²) in [7, 11) is 0. The Labute approximate surface area is 226 Å². The highest BCUT2D eigenvalue weighted by Crippen LogP contribution is 2.42. The predicted octanol–water partition coefficient (Wildman–Crippen LogP) is 5.47. The molecule has 5 rings (SSSR count). The molecule has 1 aliphatic heterocycles. The van der Waals surface area contributed by atoms with Gasteiger partial charge >= 0.3 is 0 Å². The number of aromatic nitrogens is 2. The fourth-order valence-corrected chi connectivity index (χ4v) is 5.35. The molecule has 38 heavy (non-hydrogen) atoms. The smallest absolute Gasteiger partial charge is 0.254 e. The number of rotatable bonds is 7. The molecular weight excluding hydrogens is 496 g/mol. The van der Waals surface area contributed by atoms with Gasteiger partial charge < -0.3 is 15.0 Å². The summed E-state index contributed by atoms with van der Waals surface area (Å²) in [4.78, 5) is 28.0. The first-order valence-corrected chi connectivity index (χ1v) is 13.5. The van der Waals surface area contributed by atoms with Crippen molar-refractivity contribution in [2.45, 2.75) is 19.8 Å². The second kappa shape index (κ2) is 11.2. The van der Waals surface area contributed by atoms with Gasteiger partial charge in [-0.2, -0.15) is 0 Å². The zero-order chi connectivity index (χ0) is 26.5. The Balaban J connectivity index is 1.39. The number of nitrogens with zero attached hydrogens (tertiary/aromatic N) is 3. The van der Waals surface area contributed by atoms with Crippen molar-refractivity contribution in [3.8, 4) is 11.1 Å². The van der Waals surface area contributed by atoms with E-state index in [0.717, 1.165) is 22.3 Å². The number of ether oxygens (including phenoxy) is 1. The van der Waals surface area contributed by atoms with E-state index in [1.807, 2.05) is 61.2 Å². The van der Waals surface area contributed by atoms with Crippen LogP contribution < -0.4 is 5.32 Å². The molecule has 7 nitrogen and oxygen atoms in total. The summed E-state index contributed by atoms with van der Waals surface area (Å²) < 4.78 is 5.35. The summed E-state index contributed by atoms with van der Waals surface area (Å²) in [5, 5.41) is 11.2. The molecule has 1 N–H and O–H groups in total. The number of nitrogens with one attached hydrogen (secondary N) is 1. The summed E-state index contributed by atoms with van der Waals surface area (Å²) in [6.45, 7) is 6.33. The third-order valence-electron chi connectivity index (χ3n) is 7.03. The molecule has 0 saturated carbocycles. The van der Waals surface area contributed by atoms with E-state index in [9.17, 15) is 9.59 Å². The van der Waals surface area contributed by atoms with Crippen LogP contribution in [-0.4, -0.2) is 53.2 Å². The van der Waals surface area contributed by atoms with Gasteiger partial charge in [-0.1, -0.05) is 91.9 Å². The molecule has 2 heterocycles. The highest BCUT2D eigenvalue weighted by molar-refractivity contribution is 7.13. The number of carbonyl (C=O) groups is 2. The van der Waals surface area contributed by atoms with Crippen LogP contribution in [0.2, 0.25) is 0 Å². The number of hydrogen-bond donors (Lipinski definition) is 1. The highest BCUT2D eigenvalue weighted by atomic mass is 32.1. The van der Waals surface area contributed by atoms with E-state index in [0.29, 0.717) is 37.0 Å². The quantitative estimate of drug-likeness (QED) is 0.345. The van der Waals surface area contributed by atoms with E-state index in [2.05, 4.69) is 51.9 Å². The molecule has 2 amide bonds. The molecule has 0 spiro atoms. The van der Waals surface area contributed by atoms with E-state index in [-0.39, 0.29) is 17.7 Å². The first-order valence-electron chi connectivity index (χ1n) is 12.6. The van der Waals surface area contributed by atoms with Gasteiger partial charge in [-0.05, 0) is 34.4 Å². The van der Waals surface area contributed by atoms with Gasteiger partial charge in [-0.25, -0.2) is 0 Å². The number of morpholine rings is 1. The Kier molecular flexibility index (Phi) is 7.62. The van der Waals surface area contributed by atoms with Crippen molar-refractivity contribution in [2.75, 3.05) is 31.6 Å². The number of hydrogen-bond acceptors (Lipinski definition) is 6. The maximum atomic E-state index is 13.4. The minimum absolute atomic E-state index is 0.0370. The number of anilines is 1. The van der Waals surface area contributed by atoms with E-state index in [1.54, 1.807) is 5.51 Å². The molecule has 1 atom stereocenters. The van der Waals surface area contributed by atoms with Crippen molar-refractivity contribution < 1.29 is 14.3 Å². The predicted molar refractivity (Wildman–Crippen MR) is 149 cm³/mol. The van der Waals surface area contributed by atoms with Gasteiger partial charge in [0.05, 0.1) is 18.6 Å². The maximum absolute atomic E-state index is 13.4. The summed E-state index contributed by atoms with van der Waals surface area (Å²) in [5.74, 6) is -0.262. The Morgan fingerprint density at radius 3 is 2.11 bits per heavy atom. The summed E-state index contributed by atoms with van der Waals surface area (Å²) >= 11 is 1.30. The normalized spacial score (nSPS) is 14.6.